The van der Waals surface area contributed by atoms with E-state index in [9.17, 15) is 21.6 Å². The molecule has 86 heavy (non-hydrogen) atoms. The van der Waals surface area contributed by atoms with Gasteiger partial charge in [-0.2, -0.15) is 21.6 Å². The number of rotatable bonds is 38. The predicted molar refractivity (Wildman–Crippen MR) is 322 cm³/mol. The molecule has 0 saturated carbocycles. The molecule has 16 heteroatoms. The van der Waals surface area contributed by atoms with Crippen molar-refractivity contribution in [3.63, 3.8) is 0 Å². The summed E-state index contributed by atoms with van der Waals surface area (Å²) in [4.78, 5) is 0. The maximum absolute atomic E-state index is 14.2. The van der Waals surface area contributed by atoms with Crippen molar-refractivity contribution in [2.75, 3.05) is 19.8 Å². The highest BCUT2D eigenvalue weighted by Crippen LogP contribution is 2.30. The highest BCUT2D eigenvalue weighted by Gasteiger charge is 2.49. The van der Waals surface area contributed by atoms with Crippen molar-refractivity contribution in [2.45, 2.75) is 121 Å². The Hall–Kier alpha value is -6.90. The summed E-state index contributed by atoms with van der Waals surface area (Å²) in [6.45, 7) is 1.10. The van der Waals surface area contributed by atoms with Crippen LogP contribution in [0.25, 0.3) is 0 Å². The lowest BCUT2D eigenvalue weighted by Crippen LogP contribution is -2.53. The molecular weight excluding hydrogens is 1120 g/mol. The summed E-state index contributed by atoms with van der Waals surface area (Å²) in [5.74, 6) is 0. The molecule has 12 nitrogen and oxygen atoms in total. The van der Waals surface area contributed by atoms with Crippen LogP contribution in [-0.4, -0.2) is 82.6 Å². The van der Waals surface area contributed by atoms with Crippen LogP contribution in [0.5, 0.6) is 0 Å². The topological polar surface area (TPSA) is 126 Å². The van der Waals surface area contributed by atoms with Gasteiger partial charge in [-0.3, -0.25) is 4.18 Å². The SMILES string of the molecule is CC[C@@H](OCc1ccccc1)[C@@H](OCc1ccccc1)[C@H](OCc1ccccc1)[C@@H](COC[C@@H](OCc1ccccc1)[C@@H](OCc1ccccc1)[C@H](OCc1ccccc1)[C@@H](COS(=O)(=O)C(F)(F)F)OCc1ccccc1)OCc1ccccc1. The summed E-state index contributed by atoms with van der Waals surface area (Å²) in [6, 6.07) is 76.1. The van der Waals surface area contributed by atoms with E-state index in [1.807, 2.05) is 225 Å². The Labute approximate surface area is 503 Å². The van der Waals surface area contributed by atoms with Crippen molar-refractivity contribution in [1.82, 2.24) is 0 Å². The predicted octanol–water partition coefficient (Wildman–Crippen LogP) is 14.0. The molecule has 0 radical (unpaired) electrons. The van der Waals surface area contributed by atoms with Crippen LogP contribution in [-0.2, 0) is 110 Å². The Balaban J connectivity index is 1.21. The lowest BCUT2D eigenvalue weighted by Gasteiger charge is -2.39. The molecule has 0 aliphatic rings. The van der Waals surface area contributed by atoms with Gasteiger partial charge < -0.3 is 42.6 Å². The van der Waals surface area contributed by atoms with Crippen molar-refractivity contribution >= 4 is 10.1 Å². The number of ether oxygens (including phenoxy) is 9. The first-order valence-electron chi connectivity index (χ1n) is 28.8. The Morgan fingerprint density at radius 1 is 0.302 bits per heavy atom. The molecule has 8 aromatic rings. The van der Waals surface area contributed by atoms with Gasteiger partial charge in [0.1, 0.15) is 42.7 Å². The van der Waals surface area contributed by atoms with Crippen LogP contribution >= 0.6 is 0 Å². The minimum atomic E-state index is -6.13. The van der Waals surface area contributed by atoms with Crippen LogP contribution in [0.3, 0.4) is 0 Å². The first-order chi connectivity index (χ1) is 42.0. The van der Waals surface area contributed by atoms with E-state index in [2.05, 4.69) is 0 Å². The maximum Gasteiger partial charge on any atom is 0.523 e. The average Bonchev–Trinajstić information content (AvgIpc) is 3.36. The average molecular weight is 1200 g/mol. The fraction of sp³-hybridized carbons (Fsp3) is 0.314. The second kappa shape index (κ2) is 35.0. The summed E-state index contributed by atoms with van der Waals surface area (Å²) in [5.41, 5.74) is 0.849. The van der Waals surface area contributed by atoms with E-state index in [1.165, 1.54) is 0 Å². The normalized spacial score (nSPS) is 14.8. The van der Waals surface area contributed by atoms with Crippen molar-refractivity contribution < 1.29 is 68.4 Å². The molecule has 8 atom stereocenters. The number of alkyl halides is 3. The highest BCUT2D eigenvalue weighted by molar-refractivity contribution is 7.87. The Kier molecular flexibility index (Phi) is 26.5. The summed E-state index contributed by atoms with van der Waals surface area (Å²) < 4.78 is 135. The molecule has 0 bridgehead atoms. The first kappa shape index (κ1) is 65.1. The van der Waals surface area contributed by atoms with Gasteiger partial charge in [-0.05, 0) is 50.9 Å². The van der Waals surface area contributed by atoms with Gasteiger partial charge in [0, 0.05) is 0 Å². The fourth-order valence-corrected chi connectivity index (χ4v) is 9.96. The van der Waals surface area contributed by atoms with E-state index in [0.29, 0.717) is 24.2 Å². The molecule has 0 N–H and O–H groups in total. The van der Waals surface area contributed by atoms with Crippen LogP contribution in [0.1, 0.15) is 57.9 Å². The smallest absolute Gasteiger partial charge is 0.376 e. The Morgan fingerprint density at radius 2 is 0.500 bits per heavy atom. The van der Waals surface area contributed by atoms with E-state index < -0.39 is 71.1 Å². The second-order valence-electron chi connectivity index (χ2n) is 20.5. The van der Waals surface area contributed by atoms with Gasteiger partial charge in [0.25, 0.3) is 0 Å². The summed E-state index contributed by atoms with van der Waals surface area (Å²) in [6.07, 6.45) is -7.81. The van der Waals surface area contributed by atoms with Crippen LogP contribution in [0.15, 0.2) is 243 Å². The zero-order chi connectivity index (χ0) is 60.1. The molecule has 0 amide bonds. The zero-order valence-electron chi connectivity index (χ0n) is 48.1. The molecule has 8 aromatic carbocycles. The van der Waals surface area contributed by atoms with Gasteiger partial charge >= 0.3 is 15.6 Å². The largest absolute Gasteiger partial charge is 0.523 e. The van der Waals surface area contributed by atoms with E-state index in [4.69, 9.17) is 46.8 Å². The van der Waals surface area contributed by atoms with E-state index in [1.54, 1.807) is 24.3 Å². The third kappa shape index (κ3) is 21.5. The third-order valence-corrected chi connectivity index (χ3v) is 15.1. The minimum Gasteiger partial charge on any atom is -0.376 e. The third-order valence-electron chi connectivity index (χ3n) is 14.1. The standard InChI is InChI=1S/C70H75F3O12S/c1-2-62(77-43-54-27-11-3-12-28-54)66(81-47-58-35-19-7-20-36-58)67(82-48-59-37-21-8-22-38-59)63(78-44-55-29-13-4-14-30-55)51-76-52-64(79-45-56-31-15-5-16-32-56)68(83-49-60-39-23-9-24-40-60)69(84-50-61-41-25-10-26-42-61)65(53-85-86(74,75)70(71,72)73)80-46-57-33-17-6-18-34-57/h3-42,62-69H,2,43-53H2,1H3/t62-,63-,64-,65-,66-,67-,68-,69-/m1/s1. The second-order valence-corrected chi connectivity index (χ2v) is 22.1. The molecule has 0 unspecified atom stereocenters. The molecule has 0 aromatic heterocycles. The molecule has 0 heterocycles. The number of hydrogen-bond acceptors (Lipinski definition) is 12. The Morgan fingerprint density at radius 3 is 0.721 bits per heavy atom. The number of halogens is 3. The molecule has 0 aliphatic heterocycles. The minimum absolute atomic E-state index is 0.0169. The highest BCUT2D eigenvalue weighted by atomic mass is 32.2. The van der Waals surface area contributed by atoms with Crippen molar-refractivity contribution in [3.05, 3.63) is 287 Å². The first-order valence-corrected chi connectivity index (χ1v) is 30.2. The van der Waals surface area contributed by atoms with Gasteiger partial charge in [-0.25, -0.2) is 0 Å². The van der Waals surface area contributed by atoms with Crippen molar-refractivity contribution in [1.29, 1.82) is 0 Å². The quantitative estimate of drug-likeness (QED) is 0.0270. The van der Waals surface area contributed by atoms with Gasteiger partial charge in [0.2, 0.25) is 0 Å². The molecule has 0 spiro atoms. The van der Waals surface area contributed by atoms with E-state index in [-0.39, 0.29) is 59.5 Å². The molecule has 454 valence electrons. The van der Waals surface area contributed by atoms with Crippen LogP contribution in [0.4, 0.5) is 13.2 Å². The Bertz CT molecular complexity index is 3180. The molecule has 8 rings (SSSR count). The number of hydrogen-bond donors (Lipinski definition) is 0. The lowest BCUT2D eigenvalue weighted by molar-refractivity contribution is -0.215. The van der Waals surface area contributed by atoms with E-state index in [0.717, 1.165) is 33.4 Å². The van der Waals surface area contributed by atoms with Crippen molar-refractivity contribution in [3.8, 4) is 0 Å². The monoisotopic (exact) mass is 1200 g/mol. The number of benzene rings is 8. The van der Waals surface area contributed by atoms with E-state index >= 15 is 0 Å². The van der Waals surface area contributed by atoms with Gasteiger partial charge in [-0.1, -0.05) is 250 Å². The fourth-order valence-electron chi connectivity index (χ4n) is 9.51. The summed E-state index contributed by atoms with van der Waals surface area (Å²) >= 11 is 0. The van der Waals surface area contributed by atoms with Gasteiger partial charge in [0.15, 0.2) is 0 Å². The lowest BCUT2D eigenvalue weighted by atomic mass is 9.99. The maximum atomic E-state index is 14.2. The molecule has 0 aliphatic carbocycles. The molecule has 0 saturated heterocycles. The van der Waals surface area contributed by atoms with Crippen LogP contribution < -0.4 is 0 Å². The summed E-state index contributed by atoms with van der Waals surface area (Å²) in [5, 5.41) is 0. The zero-order valence-corrected chi connectivity index (χ0v) is 49.0. The van der Waals surface area contributed by atoms with Crippen LogP contribution in [0.2, 0.25) is 0 Å². The molecular formula is C70H75F3O12S. The molecule has 0 fully saturated rings. The van der Waals surface area contributed by atoms with Gasteiger partial charge in [-0.15, -0.1) is 0 Å². The summed E-state index contributed by atoms with van der Waals surface area (Å²) in [7, 11) is -6.13. The van der Waals surface area contributed by atoms with Crippen LogP contribution in [0, 0.1) is 0 Å². The van der Waals surface area contributed by atoms with Crippen molar-refractivity contribution in [2.24, 2.45) is 0 Å². The van der Waals surface area contributed by atoms with Gasteiger partial charge in [0.05, 0.1) is 78.8 Å².